The number of piperazine rings is 1. The van der Waals surface area contributed by atoms with Crippen molar-refractivity contribution in [3.8, 4) is 0 Å². The molecule has 0 bridgehead atoms. The standard InChI is InChI=1S/C18H36N4O5S/c1-7-19-17(20-14-16(23)27-18(4,5)6)21-8-10-22(11-9-21)28(24,25)13-12-26-15(2)3/h15H,7-14H2,1-6H3,(H,19,20). The molecule has 164 valence electrons. The van der Waals surface area contributed by atoms with E-state index in [9.17, 15) is 13.2 Å². The van der Waals surface area contributed by atoms with Crippen LogP contribution in [-0.2, 0) is 24.3 Å². The highest BCUT2D eigenvalue weighted by Gasteiger charge is 2.28. The first-order valence-electron chi connectivity index (χ1n) is 9.79. The van der Waals surface area contributed by atoms with E-state index in [0.29, 0.717) is 38.7 Å². The van der Waals surface area contributed by atoms with Crippen molar-refractivity contribution in [2.75, 3.05) is 51.6 Å². The summed E-state index contributed by atoms with van der Waals surface area (Å²) < 4.78 is 37.0. The maximum Gasteiger partial charge on any atom is 0.328 e. The summed E-state index contributed by atoms with van der Waals surface area (Å²) in [5.41, 5.74) is -0.551. The molecule has 0 aromatic heterocycles. The zero-order chi connectivity index (χ0) is 21.4. The van der Waals surface area contributed by atoms with Gasteiger partial charge in [-0.2, -0.15) is 4.31 Å². The minimum Gasteiger partial charge on any atom is -0.459 e. The number of hydrogen-bond donors (Lipinski definition) is 1. The maximum atomic E-state index is 12.4. The predicted molar refractivity (Wildman–Crippen MR) is 110 cm³/mol. The fourth-order valence-corrected chi connectivity index (χ4v) is 3.92. The van der Waals surface area contributed by atoms with Crippen molar-refractivity contribution in [2.24, 2.45) is 4.99 Å². The molecule has 1 saturated heterocycles. The van der Waals surface area contributed by atoms with E-state index < -0.39 is 21.6 Å². The molecule has 10 heteroatoms. The molecular formula is C18H36N4O5S. The van der Waals surface area contributed by atoms with Gasteiger partial charge in [0.15, 0.2) is 5.96 Å². The monoisotopic (exact) mass is 420 g/mol. The highest BCUT2D eigenvalue weighted by atomic mass is 32.2. The van der Waals surface area contributed by atoms with E-state index in [1.165, 1.54) is 4.31 Å². The third-order valence-corrected chi connectivity index (χ3v) is 5.67. The number of esters is 1. The fraction of sp³-hybridized carbons (Fsp3) is 0.889. The van der Waals surface area contributed by atoms with Gasteiger partial charge in [-0.1, -0.05) is 0 Å². The molecule has 1 aliphatic heterocycles. The number of carbonyl (C=O) groups excluding carboxylic acids is 1. The average molecular weight is 421 g/mol. The second-order valence-electron chi connectivity index (χ2n) is 7.88. The van der Waals surface area contributed by atoms with Gasteiger partial charge >= 0.3 is 5.97 Å². The van der Waals surface area contributed by atoms with E-state index in [1.807, 2.05) is 46.4 Å². The number of nitrogens with zero attached hydrogens (tertiary/aromatic N) is 3. The van der Waals surface area contributed by atoms with Crippen LogP contribution < -0.4 is 5.32 Å². The summed E-state index contributed by atoms with van der Waals surface area (Å²) in [6.45, 7) is 13.7. The summed E-state index contributed by atoms with van der Waals surface area (Å²) in [6, 6.07) is 0. The Hall–Kier alpha value is -1.39. The van der Waals surface area contributed by atoms with Crippen LogP contribution in [0.1, 0.15) is 41.5 Å². The fourth-order valence-electron chi connectivity index (χ4n) is 2.64. The van der Waals surface area contributed by atoms with Gasteiger partial charge in [0.1, 0.15) is 12.1 Å². The lowest BCUT2D eigenvalue weighted by Crippen LogP contribution is -2.54. The van der Waals surface area contributed by atoms with Crippen LogP contribution >= 0.6 is 0 Å². The number of rotatable bonds is 8. The minimum atomic E-state index is -3.34. The van der Waals surface area contributed by atoms with Gasteiger partial charge in [-0.25, -0.2) is 13.4 Å². The largest absolute Gasteiger partial charge is 0.459 e. The van der Waals surface area contributed by atoms with Gasteiger partial charge in [-0.05, 0) is 41.5 Å². The van der Waals surface area contributed by atoms with Crippen LogP contribution in [0, 0.1) is 0 Å². The molecule has 0 radical (unpaired) electrons. The zero-order valence-corrected chi connectivity index (χ0v) is 18.8. The van der Waals surface area contributed by atoms with Crippen molar-refractivity contribution in [1.82, 2.24) is 14.5 Å². The van der Waals surface area contributed by atoms with Crippen molar-refractivity contribution < 1.29 is 22.7 Å². The molecule has 1 fully saturated rings. The Balaban J connectivity index is 2.61. The van der Waals surface area contributed by atoms with Gasteiger partial charge in [-0.15, -0.1) is 0 Å². The van der Waals surface area contributed by atoms with Crippen LogP contribution in [0.4, 0.5) is 0 Å². The van der Waals surface area contributed by atoms with Crippen molar-refractivity contribution >= 4 is 22.0 Å². The molecule has 1 heterocycles. The normalized spacial score (nSPS) is 17.1. The lowest BCUT2D eigenvalue weighted by molar-refractivity contribution is -0.152. The number of aliphatic imine (C=N–C) groups is 1. The Morgan fingerprint density at radius 1 is 1.18 bits per heavy atom. The Labute approximate surface area is 169 Å². The molecule has 0 atom stereocenters. The molecule has 1 aliphatic rings. The average Bonchev–Trinajstić information content (AvgIpc) is 2.56. The molecule has 9 nitrogen and oxygen atoms in total. The van der Waals surface area contributed by atoms with E-state index in [-0.39, 0.29) is 25.0 Å². The second kappa shape index (κ2) is 11.0. The van der Waals surface area contributed by atoms with Crippen LogP contribution in [0.5, 0.6) is 0 Å². The van der Waals surface area contributed by atoms with Gasteiger partial charge in [0.05, 0.1) is 18.5 Å². The Morgan fingerprint density at radius 2 is 1.79 bits per heavy atom. The molecule has 1 N–H and O–H groups in total. The quantitative estimate of drug-likeness (QED) is 0.350. The summed E-state index contributed by atoms with van der Waals surface area (Å²) in [6.07, 6.45) is 0.0101. The van der Waals surface area contributed by atoms with E-state index >= 15 is 0 Å². The molecule has 0 aliphatic carbocycles. The Morgan fingerprint density at radius 3 is 2.29 bits per heavy atom. The number of carbonyl (C=O) groups is 1. The highest BCUT2D eigenvalue weighted by Crippen LogP contribution is 2.10. The zero-order valence-electron chi connectivity index (χ0n) is 18.0. The van der Waals surface area contributed by atoms with Crippen molar-refractivity contribution in [1.29, 1.82) is 0 Å². The molecule has 0 saturated carbocycles. The number of ether oxygens (including phenoxy) is 2. The van der Waals surface area contributed by atoms with Crippen LogP contribution in [0.25, 0.3) is 0 Å². The first-order chi connectivity index (χ1) is 12.9. The number of nitrogens with one attached hydrogen (secondary N) is 1. The van der Waals surface area contributed by atoms with Gasteiger partial charge in [-0.3, -0.25) is 4.79 Å². The number of guanidine groups is 1. The van der Waals surface area contributed by atoms with Gasteiger partial charge in [0.2, 0.25) is 10.0 Å². The van der Waals surface area contributed by atoms with E-state index in [1.54, 1.807) is 0 Å². The molecule has 28 heavy (non-hydrogen) atoms. The molecular weight excluding hydrogens is 384 g/mol. The van der Waals surface area contributed by atoms with Gasteiger partial charge in [0, 0.05) is 32.7 Å². The first kappa shape index (κ1) is 24.6. The van der Waals surface area contributed by atoms with Crippen LogP contribution in [0.15, 0.2) is 4.99 Å². The summed E-state index contributed by atoms with van der Waals surface area (Å²) in [7, 11) is -3.34. The summed E-state index contributed by atoms with van der Waals surface area (Å²) in [5.74, 6) is 0.181. The number of hydrogen-bond acceptors (Lipinski definition) is 6. The van der Waals surface area contributed by atoms with Crippen LogP contribution in [0.2, 0.25) is 0 Å². The van der Waals surface area contributed by atoms with E-state index in [0.717, 1.165) is 0 Å². The van der Waals surface area contributed by atoms with Crippen LogP contribution in [0.3, 0.4) is 0 Å². The van der Waals surface area contributed by atoms with Gasteiger partial charge < -0.3 is 19.7 Å². The Kier molecular flexibility index (Phi) is 9.65. The van der Waals surface area contributed by atoms with Crippen molar-refractivity contribution in [3.05, 3.63) is 0 Å². The molecule has 0 amide bonds. The predicted octanol–water partition coefficient (Wildman–Crippen LogP) is 0.666. The summed E-state index contributed by atoms with van der Waals surface area (Å²) in [4.78, 5) is 18.2. The lowest BCUT2D eigenvalue weighted by atomic mass is 10.2. The summed E-state index contributed by atoms with van der Waals surface area (Å²) >= 11 is 0. The summed E-state index contributed by atoms with van der Waals surface area (Å²) in [5, 5.41) is 3.15. The molecule has 0 unspecified atom stereocenters. The topological polar surface area (TPSA) is 101 Å². The van der Waals surface area contributed by atoms with Crippen LogP contribution in [-0.4, -0.2) is 92.9 Å². The van der Waals surface area contributed by atoms with E-state index in [2.05, 4.69) is 10.3 Å². The lowest BCUT2D eigenvalue weighted by Gasteiger charge is -2.35. The molecule has 0 spiro atoms. The molecule has 0 aromatic carbocycles. The SMILES string of the molecule is CCNC(=NCC(=O)OC(C)(C)C)N1CCN(S(=O)(=O)CCOC(C)C)CC1. The second-order valence-corrected chi connectivity index (χ2v) is 9.97. The smallest absolute Gasteiger partial charge is 0.328 e. The number of sulfonamides is 1. The molecule has 1 rings (SSSR count). The molecule has 0 aromatic rings. The highest BCUT2D eigenvalue weighted by molar-refractivity contribution is 7.89. The van der Waals surface area contributed by atoms with Gasteiger partial charge in [0.25, 0.3) is 0 Å². The minimum absolute atomic E-state index is 0.0101. The van der Waals surface area contributed by atoms with Crippen molar-refractivity contribution in [3.63, 3.8) is 0 Å². The van der Waals surface area contributed by atoms with Crippen molar-refractivity contribution in [2.45, 2.75) is 53.2 Å². The third kappa shape index (κ3) is 9.20. The maximum absolute atomic E-state index is 12.4. The third-order valence-electron chi connectivity index (χ3n) is 3.84. The Bertz CT molecular complexity index is 620. The first-order valence-corrected chi connectivity index (χ1v) is 11.4. The van der Waals surface area contributed by atoms with E-state index in [4.69, 9.17) is 9.47 Å².